The van der Waals surface area contributed by atoms with Crippen molar-refractivity contribution < 1.29 is 45.8 Å². The number of rotatable bonds is 4. The first-order valence-electron chi connectivity index (χ1n) is 11.0. The summed E-state index contributed by atoms with van der Waals surface area (Å²) in [5, 5.41) is 2.30. The molecule has 0 bridgehead atoms. The van der Waals surface area contributed by atoms with E-state index in [2.05, 4.69) is 20.0 Å². The summed E-state index contributed by atoms with van der Waals surface area (Å²) < 4.78 is 78.4. The van der Waals surface area contributed by atoms with Gasteiger partial charge in [0.1, 0.15) is 0 Å². The molecule has 39 heavy (non-hydrogen) atoms. The van der Waals surface area contributed by atoms with Crippen molar-refractivity contribution in [1.82, 2.24) is 9.97 Å². The van der Waals surface area contributed by atoms with Crippen molar-refractivity contribution in [2.24, 2.45) is 0 Å². The molecular weight excluding hydrogens is 531 g/mol. The number of aromatic amines is 1. The second kappa shape index (κ2) is 9.08. The number of fused-ring (bicyclic) bond motifs is 2. The minimum atomic E-state index is -5.48. The van der Waals surface area contributed by atoms with Crippen molar-refractivity contribution in [3.63, 3.8) is 0 Å². The second-order valence-electron chi connectivity index (χ2n) is 8.25. The number of halogens is 5. The second-order valence-corrected chi connectivity index (χ2v) is 8.25. The first-order chi connectivity index (χ1) is 18.5. The molecule has 1 aliphatic rings. The maximum absolute atomic E-state index is 14.3. The fourth-order valence-corrected chi connectivity index (χ4v) is 4.34. The molecule has 1 atom stereocenters. The van der Waals surface area contributed by atoms with Crippen LogP contribution in [-0.2, 0) is 20.0 Å². The van der Waals surface area contributed by atoms with Crippen molar-refractivity contribution in [3.8, 4) is 0 Å². The van der Waals surface area contributed by atoms with Gasteiger partial charge in [0.2, 0.25) is 11.7 Å². The summed E-state index contributed by atoms with van der Waals surface area (Å²) in [6, 6.07) is 11.5. The molecule has 0 spiro atoms. The summed E-state index contributed by atoms with van der Waals surface area (Å²) in [6.07, 6.45) is -6.34. The lowest BCUT2D eigenvalue weighted by molar-refractivity contribution is -0.211. The number of hydrogen-bond acceptors (Lipinski definition) is 6. The lowest BCUT2D eigenvalue weighted by Gasteiger charge is -2.38. The Morgan fingerprint density at radius 2 is 1.77 bits per heavy atom. The predicted octanol–water partition coefficient (Wildman–Crippen LogP) is 4.99. The maximum Gasteiger partial charge on any atom is 0.491 e. The molecule has 1 aliphatic heterocycles. The van der Waals surface area contributed by atoms with Crippen molar-refractivity contribution in [2.45, 2.75) is 11.9 Å². The Morgan fingerprint density at radius 3 is 2.46 bits per heavy atom. The number of methoxy groups -OCH3 is 1. The van der Waals surface area contributed by atoms with Gasteiger partial charge in [0.15, 0.2) is 11.6 Å². The maximum atomic E-state index is 14.3. The highest BCUT2D eigenvalue weighted by molar-refractivity contribution is 6.13. The molecule has 1 aromatic heterocycles. The average Bonchev–Trinajstić information content (AvgIpc) is 3.41. The Morgan fingerprint density at radius 1 is 1.03 bits per heavy atom. The number of benzene rings is 3. The van der Waals surface area contributed by atoms with Crippen molar-refractivity contribution in [3.05, 3.63) is 89.0 Å². The van der Waals surface area contributed by atoms with Crippen LogP contribution < -0.4 is 10.2 Å². The first-order valence-corrected chi connectivity index (χ1v) is 11.0. The van der Waals surface area contributed by atoms with E-state index < -0.39 is 41.5 Å². The molecule has 4 aromatic rings. The highest BCUT2D eigenvalue weighted by atomic mass is 19.4. The van der Waals surface area contributed by atoms with E-state index in [-0.39, 0.29) is 39.4 Å². The van der Waals surface area contributed by atoms with Gasteiger partial charge in [-0.3, -0.25) is 15.0 Å². The van der Waals surface area contributed by atoms with Crippen molar-refractivity contribution >= 4 is 40.6 Å². The van der Waals surface area contributed by atoms with Crippen LogP contribution >= 0.6 is 0 Å². The summed E-state index contributed by atoms with van der Waals surface area (Å²) in [6.45, 7) is 0. The zero-order chi connectivity index (χ0) is 28.1. The third-order valence-corrected chi connectivity index (χ3v) is 5.95. The Bertz CT molecular complexity index is 1650. The zero-order valence-electron chi connectivity index (χ0n) is 19.6. The van der Waals surface area contributed by atoms with E-state index in [1.54, 1.807) is 0 Å². The number of H-pyrrole nitrogens is 1. The van der Waals surface area contributed by atoms with Gasteiger partial charge in [0.25, 0.3) is 5.91 Å². The molecule has 1 unspecified atom stereocenters. The zero-order valence-corrected chi connectivity index (χ0v) is 19.6. The predicted molar refractivity (Wildman–Crippen MR) is 125 cm³/mol. The lowest BCUT2D eigenvalue weighted by atomic mass is 9.92. The van der Waals surface area contributed by atoms with E-state index in [0.29, 0.717) is 17.0 Å². The molecule has 2 heterocycles. The van der Waals surface area contributed by atoms with Crippen LogP contribution in [0.25, 0.3) is 11.0 Å². The molecule has 2 N–H and O–H groups in total. The minimum Gasteiger partial charge on any atom is -0.453 e. The van der Waals surface area contributed by atoms with Crippen LogP contribution in [0.3, 0.4) is 0 Å². The number of ether oxygens (including phenoxy) is 2. The SMILES string of the molecule is COC(=O)Nc1nc2ccc(C3(OC(=O)C(F)(F)F)c4ccccc4C(=O)N3c3ccc(F)c(F)c3)cc2[nH]1. The number of amides is 2. The summed E-state index contributed by atoms with van der Waals surface area (Å²) in [5.41, 5.74) is -3.09. The quantitative estimate of drug-likeness (QED) is 0.276. The highest BCUT2D eigenvalue weighted by Gasteiger charge is 2.58. The van der Waals surface area contributed by atoms with Crippen molar-refractivity contribution in [1.29, 1.82) is 0 Å². The van der Waals surface area contributed by atoms with Gasteiger partial charge in [-0.25, -0.2) is 23.4 Å². The number of esters is 1. The normalized spacial score (nSPS) is 16.8. The summed E-state index contributed by atoms with van der Waals surface area (Å²) in [4.78, 5) is 45.0. The molecule has 0 saturated heterocycles. The molecule has 9 nitrogen and oxygen atoms in total. The van der Waals surface area contributed by atoms with Gasteiger partial charge < -0.3 is 14.5 Å². The minimum absolute atomic E-state index is 0.0734. The molecule has 14 heteroatoms. The fraction of sp³-hybridized carbons (Fsp3) is 0.120. The Hall–Kier alpha value is -5.01. The Labute approximate surface area is 215 Å². The largest absolute Gasteiger partial charge is 0.491 e. The molecule has 0 aliphatic carbocycles. The van der Waals surface area contributed by atoms with E-state index in [4.69, 9.17) is 4.74 Å². The highest BCUT2D eigenvalue weighted by Crippen LogP contribution is 2.49. The molecule has 0 fully saturated rings. The van der Waals surface area contributed by atoms with E-state index in [0.717, 1.165) is 13.2 Å². The Balaban J connectivity index is 1.79. The van der Waals surface area contributed by atoms with Gasteiger partial charge in [-0.2, -0.15) is 13.2 Å². The van der Waals surface area contributed by atoms with Gasteiger partial charge in [-0.05, 0) is 30.3 Å². The number of alkyl halides is 3. The van der Waals surface area contributed by atoms with Gasteiger partial charge in [0.05, 0.1) is 23.8 Å². The van der Waals surface area contributed by atoms with Crippen molar-refractivity contribution in [2.75, 3.05) is 17.3 Å². The molecular formula is C25H15F5N4O5. The summed E-state index contributed by atoms with van der Waals surface area (Å²) in [7, 11) is 1.12. The average molecular weight is 546 g/mol. The number of anilines is 2. The Kier molecular flexibility index (Phi) is 5.96. The molecule has 3 aromatic carbocycles. The number of nitrogens with one attached hydrogen (secondary N) is 2. The van der Waals surface area contributed by atoms with Gasteiger partial charge in [-0.15, -0.1) is 0 Å². The molecule has 0 saturated carbocycles. The number of nitrogens with zero attached hydrogens (tertiary/aromatic N) is 2. The number of imidazole rings is 1. The van der Waals surface area contributed by atoms with E-state index >= 15 is 0 Å². The van der Waals surface area contributed by atoms with Crippen LogP contribution in [0.1, 0.15) is 21.5 Å². The molecule has 0 radical (unpaired) electrons. The molecule has 5 rings (SSSR count). The number of hydrogen-bond donors (Lipinski definition) is 2. The van der Waals surface area contributed by atoms with Crippen LogP contribution in [0.2, 0.25) is 0 Å². The molecule has 200 valence electrons. The monoisotopic (exact) mass is 546 g/mol. The topological polar surface area (TPSA) is 114 Å². The summed E-state index contributed by atoms with van der Waals surface area (Å²) in [5.74, 6) is -6.32. The van der Waals surface area contributed by atoms with Crippen LogP contribution in [0.4, 0.5) is 38.4 Å². The first kappa shape index (κ1) is 25.6. The van der Waals surface area contributed by atoms with Crippen LogP contribution in [0, 0.1) is 11.6 Å². The number of carbonyl (C=O) groups excluding carboxylic acids is 3. The van der Waals surface area contributed by atoms with E-state index in [1.807, 2.05) is 0 Å². The summed E-state index contributed by atoms with van der Waals surface area (Å²) >= 11 is 0. The lowest BCUT2D eigenvalue weighted by Crippen LogP contribution is -2.50. The third kappa shape index (κ3) is 4.19. The smallest absolute Gasteiger partial charge is 0.453 e. The van der Waals surface area contributed by atoms with Crippen LogP contribution in [0.15, 0.2) is 60.7 Å². The molecule has 2 amide bonds. The number of carbonyl (C=O) groups is 3. The fourth-order valence-electron chi connectivity index (χ4n) is 4.34. The number of aromatic nitrogens is 2. The van der Waals surface area contributed by atoms with Crippen LogP contribution in [-0.4, -0.2) is 41.2 Å². The standard InChI is InChI=1S/C25H15F5N4O5/c1-38-23(37)33-22-31-18-9-6-12(10-19(18)32-22)24(39-21(36)25(28,29)30)15-5-3-2-4-14(15)20(35)34(24)13-7-8-16(26)17(27)11-13/h2-11H,1H3,(H2,31,32,33,37). The van der Waals surface area contributed by atoms with Gasteiger partial charge >= 0.3 is 18.2 Å². The van der Waals surface area contributed by atoms with E-state index in [9.17, 15) is 36.3 Å². The van der Waals surface area contributed by atoms with E-state index in [1.165, 1.54) is 42.5 Å². The third-order valence-electron chi connectivity index (χ3n) is 5.95. The van der Waals surface area contributed by atoms with Gasteiger partial charge in [-0.1, -0.05) is 24.3 Å². The van der Waals surface area contributed by atoms with Crippen LogP contribution in [0.5, 0.6) is 0 Å². The van der Waals surface area contributed by atoms with Gasteiger partial charge in [0, 0.05) is 22.8 Å².